The van der Waals surface area contributed by atoms with Crippen molar-refractivity contribution in [3.8, 4) is 0 Å². The number of rotatable bonds is 4. The number of halogens is 1. The van der Waals surface area contributed by atoms with Gasteiger partial charge in [-0.05, 0) is 27.4 Å². The molecule has 0 bridgehead atoms. The Morgan fingerprint density at radius 1 is 1.38 bits per heavy atom. The van der Waals surface area contributed by atoms with Gasteiger partial charge in [0.2, 0.25) is 0 Å². The second kappa shape index (κ2) is 5.10. The highest BCUT2D eigenvalue weighted by Gasteiger charge is 2.09. The lowest BCUT2D eigenvalue weighted by molar-refractivity contribution is 0.642. The lowest BCUT2D eigenvalue weighted by Gasteiger charge is -2.02. The van der Waals surface area contributed by atoms with Gasteiger partial charge in [-0.3, -0.25) is 0 Å². The fourth-order valence-corrected chi connectivity index (χ4v) is 3.00. The van der Waals surface area contributed by atoms with Gasteiger partial charge in [-0.15, -0.1) is 11.3 Å². The first-order valence-corrected chi connectivity index (χ1v) is 7.06. The molecule has 3 nitrogen and oxygen atoms in total. The molecule has 0 atom stereocenters. The zero-order valence-corrected chi connectivity index (χ0v) is 11.8. The summed E-state index contributed by atoms with van der Waals surface area (Å²) in [5.74, 6) is 2.00. The van der Waals surface area contributed by atoms with Gasteiger partial charge in [0, 0.05) is 22.2 Å². The van der Waals surface area contributed by atoms with E-state index in [1.165, 1.54) is 4.88 Å². The number of hydrogen-bond donors (Lipinski definition) is 0. The smallest absolute Gasteiger partial charge is 0.150 e. The van der Waals surface area contributed by atoms with E-state index in [9.17, 15) is 0 Å². The zero-order chi connectivity index (χ0) is 11.5. The van der Waals surface area contributed by atoms with Gasteiger partial charge in [-0.2, -0.15) is 5.10 Å². The standard InChI is InChI=1S/C11H14BrN3S/c1-3-10-13-11(4-2)15(14-10)7-9-8(12)5-6-16-9/h5-6H,3-4,7H2,1-2H3. The van der Waals surface area contributed by atoms with E-state index < -0.39 is 0 Å². The van der Waals surface area contributed by atoms with Crippen LogP contribution in [0, 0.1) is 0 Å². The van der Waals surface area contributed by atoms with Crippen LogP contribution in [-0.2, 0) is 19.4 Å². The summed E-state index contributed by atoms with van der Waals surface area (Å²) in [5, 5.41) is 6.59. The molecule has 2 heterocycles. The first kappa shape index (κ1) is 11.8. The SMILES string of the molecule is CCc1nc(CC)n(Cc2sccc2Br)n1. The highest BCUT2D eigenvalue weighted by Crippen LogP contribution is 2.23. The summed E-state index contributed by atoms with van der Waals surface area (Å²) in [7, 11) is 0. The lowest BCUT2D eigenvalue weighted by atomic mass is 10.4. The van der Waals surface area contributed by atoms with Crippen LogP contribution in [0.3, 0.4) is 0 Å². The molecular formula is C11H14BrN3S. The molecule has 2 rings (SSSR count). The van der Waals surface area contributed by atoms with Crippen molar-refractivity contribution >= 4 is 27.3 Å². The van der Waals surface area contributed by atoms with Crippen molar-refractivity contribution < 1.29 is 0 Å². The first-order valence-electron chi connectivity index (χ1n) is 5.39. The van der Waals surface area contributed by atoms with Gasteiger partial charge in [0.15, 0.2) is 5.82 Å². The minimum Gasteiger partial charge on any atom is -0.245 e. The van der Waals surface area contributed by atoms with Crippen LogP contribution in [0.15, 0.2) is 15.9 Å². The van der Waals surface area contributed by atoms with Gasteiger partial charge < -0.3 is 0 Å². The van der Waals surface area contributed by atoms with Crippen LogP contribution >= 0.6 is 27.3 Å². The largest absolute Gasteiger partial charge is 0.245 e. The van der Waals surface area contributed by atoms with Crippen LogP contribution in [0.2, 0.25) is 0 Å². The van der Waals surface area contributed by atoms with Crippen LogP contribution in [0.4, 0.5) is 0 Å². The Morgan fingerprint density at radius 3 is 2.75 bits per heavy atom. The van der Waals surface area contributed by atoms with Crippen LogP contribution in [0.1, 0.15) is 30.4 Å². The normalized spacial score (nSPS) is 10.9. The van der Waals surface area contributed by atoms with Gasteiger partial charge >= 0.3 is 0 Å². The summed E-state index contributed by atoms with van der Waals surface area (Å²) in [6.45, 7) is 5.01. The minimum atomic E-state index is 0.814. The summed E-state index contributed by atoms with van der Waals surface area (Å²) in [4.78, 5) is 5.79. The maximum atomic E-state index is 4.51. The first-order chi connectivity index (χ1) is 7.74. The fourth-order valence-electron chi connectivity index (χ4n) is 1.54. The summed E-state index contributed by atoms with van der Waals surface area (Å²) in [6.07, 6.45) is 1.82. The van der Waals surface area contributed by atoms with Crippen LogP contribution < -0.4 is 0 Å². The number of nitrogens with zero attached hydrogens (tertiary/aromatic N) is 3. The Balaban J connectivity index is 2.26. The molecule has 0 spiro atoms. The van der Waals surface area contributed by atoms with E-state index >= 15 is 0 Å². The van der Waals surface area contributed by atoms with Gasteiger partial charge in [0.05, 0.1) is 6.54 Å². The third-order valence-corrected chi connectivity index (χ3v) is 4.32. The maximum absolute atomic E-state index is 4.51. The van der Waals surface area contributed by atoms with Gasteiger partial charge in [0.25, 0.3) is 0 Å². The van der Waals surface area contributed by atoms with Gasteiger partial charge in [0.1, 0.15) is 5.82 Å². The Morgan fingerprint density at radius 2 is 2.19 bits per heavy atom. The molecule has 0 aliphatic rings. The van der Waals surface area contributed by atoms with Gasteiger partial charge in [-0.1, -0.05) is 13.8 Å². The second-order valence-electron chi connectivity index (χ2n) is 3.50. The monoisotopic (exact) mass is 299 g/mol. The Labute approximate surface area is 108 Å². The maximum Gasteiger partial charge on any atom is 0.150 e. The van der Waals surface area contributed by atoms with Crippen LogP contribution in [0.25, 0.3) is 0 Å². The molecule has 16 heavy (non-hydrogen) atoms. The van der Waals surface area contributed by atoms with E-state index in [2.05, 4.69) is 51.3 Å². The van der Waals surface area contributed by atoms with Crippen molar-refractivity contribution in [1.29, 1.82) is 0 Å². The van der Waals surface area contributed by atoms with Crippen molar-refractivity contribution in [2.45, 2.75) is 33.2 Å². The molecule has 0 radical (unpaired) electrons. The van der Waals surface area contributed by atoms with Crippen LogP contribution in [0.5, 0.6) is 0 Å². The second-order valence-corrected chi connectivity index (χ2v) is 5.36. The van der Waals surface area contributed by atoms with Crippen LogP contribution in [-0.4, -0.2) is 14.8 Å². The number of aromatic nitrogens is 3. The molecule has 0 amide bonds. The highest BCUT2D eigenvalue weighted by atomic mass is 79.9. The quantitative estimate of drug-likeness (QED) is 0.867. The Hall–Kier alpha value is -0.680. The summed E-state index contributed by atoms with van der Waals surface area (Å²) >= 11 is 5.29. The third kappa shape index (κ3) is 2.35. The molecule has 0 fully saturated rings. The van der Waals surface area contributed by atoms with Crippen molar-refractivity contribution in [3.63, 3.8) is 0 Å². The number of hydrogen-bond acceptors (Lipinski definition) is 3. The minimum absolute atomic E-state index is 0.814. The molecule has 0 aromatic carbocycles. The van der Waals surface area contributed by atoms with Crippen molar-refractivity contribution in [3.05, 3.63) is 32.4 Å². The molecule has 0 saturated heterocycles. The lowest BCUT2D eigenvalue weighted by Crippen LogP contribution is -2.05. The summed E-state index contributed by atoms with van der Waals surface area (Å²) < 4.78 is 3.17. The van der Waals surface area contributed by atoms with Crippen molar-refractivity contribution in [1.82, 2.24) is 14.8 Å². The van der Waals surface area contributed by atoms with Crippen molar-refractivity contribution in [2.75, 3.05) is 0 Å². The predicted octanol–water partition coefficient (Wildman–Crippen LogP) is 3.28. The molecule has 86 valence electrons. The molecule has 0 unspecified atom stereocenters. The summed E-state index contributed by atoms with van der Waals surface area (Å²) in [6, 6.07) is 2.07. The highest BCUT2D eigenvalue weighted by molar-refractivity contribution is 9.10. The van der Waals surface area contributed by atoms with E-state index in [0.29, 0.717) is 0 Å². The molecule has 2 aromatic rings. The van der Waals surface area contributed by atoms with Gasteiger partial charge in [-0.25, -0.2) is 9.67 Å². The summed E-state index contributed by atoms with van der Waals surface area (Å²) in [5.41, 5.74) is 0. The molecule has 0 aliphatic heterocycles. The fraction of sp³-hybridized carbons (Fsp3) is 0.455. The number of aryl methyl sites for hydroxylation is 2. The van der Waals surface area contributed by atoms with E-state index in [4.69, 9.17) is 0 Å². The van der Waals surface area contributed by atoms with Crippen molar-refractivity contribution in [2.24, 2.45) is 0 Å². The van der Waals surface area contributed by atoms with E-state index in [-0.39, 0.29) is 0 Å². The third-order valence-electron chi connectivity index (χ3n) is 2.41. The average Bonchev–Trinajstić information content (AvgIpc) is 2.86. The Kier molecular flexibility index (Phi) is 3.76. The Bertz CT molecular complexity index is 475. The number of thiophene rings is 1. The molecule has 0 saturated carbocycles. The molecule has 0 N–H and O–H groups in total. The van der Waals surface area contributed by atoms with E-state index in [1.807, 2.05) is 4.68 Å². The molecular weight excluding hydrogens is 286 g/mol. The van der Waals surface area contributed by atoms with E-state index in [1.54, 1.807) is 11.3 Å². The predicted molar refractivity (Wildman–Crippen MR) is 69.9 cm³/mol. The van der Waals surface area contributed by atoms with E-state index in [0.717, 1.165) is 35.5 Å². The molecule has 0 aliphatic carbocycles. The molecule has 5 heteroatoms. The average molecular weight is 300 g/mol. The molecule has 2 aromatic heterocycles. The zero-order valence-electron chi connectivity index (χ0n) is 9.40. The topological polar surface area (TPSA) is 30.7 Å².